The van der Waals surface area contributed by atoms with Crippen LogP contribution in [-0.4, -0.2) is 51.1 Å². The van der Waals surface area contributed by atoms with Crippen LogP contribution in [0.1, 0.15) is 10.4 Å². The second kappa shape index (κ2) is 8.06. The maximum Gasteiger partial charge on any atom is 0.257 e. The molecule has 1 saturated heterocycles. The summed E-state index contributed by atoms with van der Waals surface area (Å²) in [6.07, 6.45) is 1.21. The number of piperazine rings is 1. The number of carbonyl (C=O) groups excluding carboxylic acids is 1. The summed E-state index contributed by atoms with van der Waals surface area (Å²) < 4.78 is 24.8. The smallest absolute Gasteiger partial charge is 0.257 e. The lowest BCUT2D eigenvalue weighted by molar-refractivity contribution is 0.102. The molecule has 6 nitrogen and oxygen atoms in total. The molecule has 1 aliphatic rings. The van der Waals surface area contributed by atoms with Gasteiger partial charge in [0.05, 0.1) is 33.2 Å². The van der Waals surface area contributed by atoms with E-state index in [9.17, 15) is 13.2 Å². The predicted molar refractivity (Wildman–Crippen MR) is 109 cm³/mol. The molecule has 1 heterocycles. The van der Waals surface area contributed by atoms with E-state index < -0.39 is 10.0 Å². The molecule has 1 amide bonds. The summed E-state index contributed by atoms with van der Waals surface area (Å²) in [4.78, 5) is 14.7. The number of nitrogens with zero attached hydrogens (tertiary/aromatic N) is 2. The van der Waals surface area contributed by atoms with Crippen molar-refractivity contribution in [2.24, 2.45) is 0 Å². The molecular formula is C18H19Cl2N3O3S. The van der Waals surface area contributed by atoms with Crippen LogP contribution >= 0.6 is 23.2 Å². The summed E-state index contributed by atoms with van der Waals surface area (Å²) in [5.41, 5.74) is 1.75. The SMILES string of the molecule is CS(=O)(=O)N1CCN(c2ccccc2NC(=O)c2cccc(Cl)c2Cl)CC1. The summed E-state index contributed by atoms with van der Waals surface area (Å²) >= 11 is 12.1. The van der Waals surface area contributed by atoms with Crippen molar-refractivity contribution in [3.8, 4) is 0 Å². The molecule has 0 atom stereocenters. The minimum absolute atomic E-state index is 0.205. The van der Waals surface area contributed by atoms with Gasteiger partial charge in [-0.15, -0.1) is 0 Å². The van der Waals surface area contributed by atoms with Crippen LogP contribution in [0.15, 0.2) is 42.5 Å². The zero-order valence-corrected chi connectivity index (χ0v) is 17.0. The Balaban J connectivity index is 1.79. The van der Waals surface area contributed by atoms with Crippen LogP contribution in [0.3, 0.4) is 0 Å². The summed E-state index contributed by atoms with van der Waals surface area (Å²) in [7, 11) is -3.20. The van der Waals surface area contributed by atoms with Crippen molar-refractivity contribution in [2.75, 3.05) is 42.7 Å². The maximum atomic E-state index is 12.6. The summed E-state index contributed by atoms with van der Waals surface area (Å²) in [6.45, 7) is 1.89. The lowest BCUT2D eigenvalue weighted by atomic mass is 10.2. The summed E-state index contributed by atoms with van der Waals surface area (Å²) in [5, 5.41) is 3.40. The van der Waals surface area contributed by atoms with Crippen molar-refractivity contribution in [3.63, 3.8) is 0 Å². The van der Waals surface area contributed by atoms with Crippen LogP contribution in [0.25, 0.3) is 0 Å². The Morgan fingerprint density at radius 3 is 2.33 bits per heavy atom. The molecule has 2 aromatic rings. The highest BCUT2D eigenvalue weighted by Crippen LogP contribution is 2.30. The van der Waals surface area contributed by atoms with Crippen molar-refractivity contribution in [3.05, 3.63) is 58.1 Å². The van der Waals surface area contributed by atoms with Crippen molar-refractivity contribution < 1.29 is 13.2 Å². The van der Waals surface area contributed by atoms with Gasteiger partial charge in [-0.1, -0.05) is 41.4 Å². The largest absolute Gasteiger partial charge is 0.367 e. The molecule has 1 aliphatic heterocycles. The third kappa shape index (κ3) is 4.55. The number of para-hydroxylation sites is 2. The fourth-order valence-electron chi connectivity index (χ4n) is 2.98. The number of anilines is 2. The first-order chi connectivity index (χ1) is 12.8. The molecular weight excluding hydrogens is 409 g/mol. The fourth-order valence-corrected chi connectivity index (χ4v) is 4.20. The molecule has 0 unspecified atom stereocenters. The second-order valence-corrected chi connectivity index (χ2v) is 8.99. The average molecular weight is 428 g/mol. The zero-order valence-electron chi connectivity index (χ0n) is 14.7. The Bertz CT molecular complexity index is 958. The molecule has 0 aliphatic carbocycles. The van der Waals surface area contributed by atoms with Gasteiger partial charge < -0.3 is 10.2 Å². The number of rotatable bonds is 4. The molecule has 144 valence electrons. The number of benzene rings is 2. The van der Waals surface area contributed by atoms with Gasteiger partial charge in [0.15, 0.2) is 0 Å². The number of carbonyl (C=O) groups is 1. The highest BCUT2D eigenvalue weighted by molar-refractivity contribution is 7.88. The number of nitrogens with one attached hydrogen (secondary N) is 1. The molecule has 1 N–H and O–H groups in total. The highest BCUT2D eigenvalue weighted by Gasteiger charge is 2.25. The molecule has 2 aromatic carbocycles. The van der Waals surface area contributed by atoms with Crippen LogP contribution in [0.5, 0.6) is 0 Å². The van der Waals surface area contributed by atoms with Gasteiger partial charge in [0.25, 0.3) is 5.91 Å². The van der Waals surface area contributed by atoms with Gasteiger partial charge in [-0.25, -0.2) is 8.42 Å². The van der Waals surface area contributed by atoms with Gasteiger partial charge in [-0.2, -0.15) is 4.31 Å². The topological polar surface area (TPSA) is 69.7 Å². The van der Waals surface area contributed by atoms with E-state index in [1.807, 2.05) is 18.2 Å². The molecule has 0 bridgehead atoms. The quantitative estimate of drug-likeness (QED) is 0.811. The Morgan fingerprint density at radius 2 is 1.67 bits per heavy atom. The van der Waals surface area contributed by atoms with Crippen LogP contribution < -0.4 is 10.2 Å². The molecule has 1 fully saturated rings. The fraction of sp³-hybridized carbons (Fsp3) is 0.278. The molecule has 27 heavy (non-hydrogen) atoms. The molecule has 9 heteroatoms. The van der Waals surface area contributed by atoms with E-state index in [-0.39, 0.29) is 10.9 Å². The minimum Gasteiger partial charge on any atom is -0.367 e. The van der Waals surface area contributed by atoms with Crippen molar-refractivity contribution in [1.82, 2.24) is 4.31 Å². The first-order valence-corrected chi connectivity index (χ1v) is 10.9. The van der Waals surface area contributed by atoms with E-state index in [0.29, 0.717) is 42.5 Å². The number of halogens is 2. The highest BCUT2D eigenvalue weighted by atomic mass is 35.5. The third-order valence-electron chi connectivity index (χ3n) is 4.40. The number of hydrogen-bond acceptors (Lipinski definition) is 4. The predicted octanol–water partition coefficient (Wildman–Crippen LogP) is 3.33. The summed E-state index contributed by atoms with van der Waals surface area (Å²) in [5.74, 6) is -0.357. The average Bonchev–Trinajstić information content (AvgIpc) is 2.64. The molecule has 0 radical (unpaired) electrons. The lowest BCUT2D eigenvalue weighted by Crippen LogP contribution is -2.48. The normalized spacial score (nSPS) is 15.6. The molecule has 3 rings (SSSR count). The maximum absolute atomic E-state index is 12.6. The van der Waals surface area contributed by atoms with Crippen LogP contribution in [0, 0.1) is 0 Å². The van der Waals surface area contributed by atoms with Crippen molar-refractivity contribution in [2.45, 2.75) is 0 Å². The van der Waals surface area contributed by atoms with E-state index in [1.165, 1.54) is 10.6 Å². The van der Waals surface area contributed by atoms with Crippen LogP contribution in [0.2, 0.25) is 10.0 Å². The van der Waals surface area contributed by atoms with Crippen LogP contribution in [-0.2, 0) is 10.0 Å². The molecule has 0 spiro atoms. The number of sulfonamides is 1. The van der Waals surface area contributed by atoms with Gasteiger partial charge in [-0.05, 0) is 24.3 Å². The van der Waals surface area contributed by atoms with Crippen molar-refractivity contribution >= 4 is 50.5 Å². The minimum atomic E-state index is -3.20. The number of hydrogen-bond donors (Lipinski definition) is 1. The van der Waals surface area contributed by atoms with E-state index in [0.717, 1.165) is 5.69 Å². The van der Waals surface area contributed by atoms with Crippen LogP contribution in [0.4, 0.5) is 11.4 Å². The molecule has 0 saturated carbocycles. The van der Waals surface area contributed by atoms with E-state index >= 15 is 0 Å². The summed E-state index contributed by atoms with van der Waals surface area (Å²) in [6, 6.07) is 12.3. The lowest BCUT2D eigenvalue weighted by Gasteiger charge is -2.35. The van der Waals surface area contributed by atoms with Gasteiger partial charge >= 0.3 is 0 Å². The zero-order chi connectivity index (χ0) is 19.6. The first kappa shape index (κ1) is 19.9. The third-order valence-corrected chi connectivity index (χ3v) is 6.52. The monoisotopic (exact) mass is 427 g/mol. The standard InChI is InChI=1S/C18H19Cl2N3O3S/c1-27(25,26)23-11-9-22(10-12-23)16-8-3-2-7-15(16)21-18(24)13-5-4-6-14(19)17(13)20/h2-8H,9-12H2,1H3,(H,21,24). The number of amides is 1. The first-order valence-electron chi connectivity index (χ1n) is 8.32. The Labute approximate surface area is 168 Å². The Hall–Kier alpha value is -1.80. The van der Waals surface area contributed by atoms with Gasteiger partial charge in [-0.3, -0.25) is 4.79 Å². The van der Waals surface area contributed by atoms with E-state index in [2.05, 4.69) is 10.2 Å². The Kier molecular flexibility index (Phi) is 5.95. The van der Waals surface area contributed by atoms with E-state index in [1.54, 1.807) is 24.3 Å². The second-order valence-electron chi connectivity index (χ2n) is 6.22. The molecule has 0 aromatic heterocycles. The Morgan fingerprint density at radius 1 is 1.00 bits per heavy atom. The van der Waals surface area contributed by atoms with E-state index in [4.69, 9.17) is 23.2 Å². The van der Waals surface area contributed by atoms with Gasteiger partial charge in [0.2, 0.25) is 10.0 Å². The van der Waals surface area contributed by atoms with Crippen molar-refractivity contribution in [1.29, 1.82) is 0 Å². The van der Waals surface area contributed by atoms with Gasteiger partial charge in [0.1, 0.15) is 0 Å². The van der Waals surface area contributed by atoms with Gasteiger partial charge in [0, 0.05) is 26.2 Å².